The number of nitrogens with one attached hydrogen (secondary N) is 2. The Balaban J connectivity index is 1.78. The number of ether oxygens (including phenoxy) is 2. The Labute approximate surface area is 166 Å². The zero-order chi connectivity index (χ0) is 19.9. The number of rotatable bonds is 7. The summed E-state index contributed by atoms with van der Waals surface area (Å²) in [6, 6.07) is 6.52. The molecule has 2 fully saturated rings. The molecular formula is C22H30N2O4. The minimum absolute atomic E-state index is 0.354. The van der Waals surface area contributed by atoms with Crippen molar-refractivity contribution >= 4 is 12.0 Å². The molecule has 0 radical (unpaired) electrons. The van der Waals surface area contributed by atoms with Crippen LogP contribution in [-0.4, -0.2) is 25.2 Å². The van der Waals surface area contributed by atoms with Crippen LogP contribution in [0.4, 0.5) is 4.79 Å². The number of carbonyl (C=O) groups is 2. The number of para-hydroxylation sites is 1. The second kappa shape index (κ2) is 9.62. The Morgan fingerprint density at radius 1 is 1.21 bits per heavy atom. The van der Waals surface area contributed by atoms with Crippen LogP contribution in [0.3, 0.4) is 0 Å². The molecular weight excluding hydrogens is 356 g/mol. The molecule has 1 aromatic carbocycles. The fraction of sp³-hybridized carbons (Fsp3) is 0.545. The Kier molecular flexibility index (Phi) is 6.95. The lowest BCUT2D eigenvalue weighted by molar-refractivity contribution is -0.150. The first-order chi connectivity index (χ1) is 13.6. The number of benzene rings is 1. The zero-order valence-corrected chi connectivity index (χ0v) is 16.5. The van der Waals surface area contributed by atoms with Gasteiger partial charge >= 0.3 is 12.0 Å². The largest absolute Gasteiger partial charge is 0.493 e. The molecule has 1 aliphatic heterocycles. The summed E-state index contributed by atoms with van der Waals surface area (Å²) in [4.78, 5) is 25.0. The molecule has 6 nitrogen and oxygen atoms in total. The lowest BCUT2D eigenvalue weighted by Gasteiger charge is -2.34. The quantitative estimate of drug-likeness (QED) is 0.692. The van der Waals surface area contributed by atoms with Crippen molar-refractivity contribution in [2.75, 3.05) is 13.2 Å². The smallest absolute Gasteiger partial charge is 0.319 e. The highest BCUT2D eigenvalue weighted by molar-refractivity contribution is 5.85. The van der Waals surface area contributed by atoms with E-state index in [0.717, 1.165) is 24.8 Å². The Morgan fingerprint density at radius 2 is 1.96 bits per heavy atom. The van der Waals surface area contributed by atoms with Crippen LogP contribution in [0, 0.1) is 11.8 Å². The van der Waals surface area contributed by atoms with Crippen LogP contribution in [0.2, 0.25) is 0 Å². The standard InChI is InChI=1S/C22H30N2O4/c1-3-13-27-18-12-8-7-11-17(18)20-19(15(2)23-22(26)24-20)21(25)28-14-16-9-5-4-6-10-16/h7-8,11-12,16,19-20H,2-6,9-10,13-14H2,1H3,(H2,23,24,26)/t19-,20+/m0/s1. The van der Waals surface area contributed by atoms with E-state index in [-0.39, 0.29) is 12.0 Å². The molecule has 1 aromatic rings. The SMILES string of the molecule is C=C1NC(=O)N[C@H](c2ccccc2OCCC)[C@H]1C(=O)OCC1CCCCC1. The molecule has 2 atom stereocenters. The molecule has 0 bridgehead atoms. The minimum atomic E-state index is -0.701. The molecule has 2 aliphatic rings. The molecule has 6 heteroatoms. The molecule has 1 heterocycles. The van der Waals surface area contributed by atoms with E-state index in [2.05, 4.69) is 17.2 Å². The zero-order valence-electron chi connectivity index (χ0n) is 16.5. The predicted molar refractivity (Wildman–Crippen MR) is 107 cm³/mol. The first-order valence-corrected chi connectivity index (χ1v) is 10.2. The van der Waals surface area contributed by atoms with Crippen molar-refractivity contribution in [2.24, 2.45) is 11.8 Å². The van der Waals surface area contributed by atoms with Crippen molar-refractivity contribution in [3.05, 3.63) is 42.1 Å². The number of urea groups is 1. The maximum Gasteiger partial charge on any atom is 0.319 e. The summed E-state index contributed by atoms with van der Waals surface area (Å²) in [5.74, 6) is 0.0243. The molecule has 28 heavy (non-hydrogen) atoms. The van der Waals surface area contributed by atoms with E-state index in [1.807, 2.05) is 31.2 Å². The van der Waals surface area contributed by atoms with E-state index in [9.17, 15) is 9.59 Å². The second-order valence-corrected chi connectivity index (χ2v) is 7.60. The topological polar surface area (TPSA) is 76.7 Å². The Bertz CT molecular complexity index is 712. The van der Waals surface area contributed by atoms with Crippen molar-refractivity contribution in [1.82, 2.24) is 10.6 Å². The average molecular weight is 386 g/mol. The van der Waals surface area contributed by atoms with Crippen molar-refractivity contribution in [3.8, 4) is 5.75 Å². The highest BCUT2D eigenvalue weighted by Crippen LogP contribution is 2.36. The van der Waals surface area contributed by atoms with Crippen LogP contribution >= 0.6 is 0 Å². The molecule has 1 saturated heterocycles. The van der Waals surface area contributed by atoms with Gasteiger partial charge in [-0.25, -0.2) is 4.79 Å². The van der Waals surface area contributed by atoms with Gasteiger partial charge in [0.05, 0.1) is 19.3 Å². The first-order valence-electron chi connectivity index (χ1n) is 10.2. The average Bonchev–Trinajstić information content (AvgIpc) is 2.71. The van der Waals surface area contributed by atoms with Gasteiger partial charge in [-0.05, 0) is 31.2 Å². The van der Waals surface area contributed by atoms with Crippen LogP contribution < -0.4 is 15.4 Å². The van der Waals surface area contributed by atoms with E-state index in [1.165, 1.54) is 19.3 Å². The molecule has 152 valence electrons. The maximum atomic E-state index is 13.0. The lowest BCUT2D eigenvalue weighted by Crippen LogP contribution is -2.51. The molecule has 2 amide bonds. The van der Waals surface area contributed by atoms with Crippen molar-refractivity contribution in [2.45, 2.75) is 51.5 Å². The normalized spacial score (nSPS) is 22.9. The van der Waals surface area contributed by atoms with Crippen molar-refractivity contribution < 1.29 is 19.1 Å². The van der Waals surface area contributed by atoms with Gasteiger partial charge in [-0.1, -0.05) is 51.0 Å². The molecule has 2 N–H and O–H groups in total. The molecule has 0 aromatic heterocycles. The van der Waals surface area contributed by atoms with E-state index in [1.54, 1.807) is 0 Å². The van der Waals surface area contributed by atoms with Crippen molar-refractivity contribution in [3.63, 3.8) is 0 Å². The minimum Gasteiger partial charge on any atom is -0.493 e. The van der Waals surface area contributed by atoms with E-state index in [0.29, 0.717) is 30.6 Å². The monoisotopic (exact) mass is 386 g/mol. The highest BCUT2D eigenvalue weighted by atomic mass is 16.5. The van der Waals surface area contributed by atoms with Crippen LogP contribution in [0.5, 0.6) is 5.75 Å². The van der Waals surface area contributed by atoms with E-state index < -0.39 is 12.0 Å². The summed E-state index contributed by atoms with van der Waals surface area (Å²) >= 11 is 0. The van der Waals surface area contributed by atoms with Gasteiger partial charge in [0.25, 0.3) is 0 Å². The molecule has 1 saturated carbocycles. The van der Waals surface area contributed by atoms with Crippen LogP contribution in [0.15, 0.2) is 36.5 Å². The summed E-state index contributed by atoms with van der Waals surface area (Å²) in [6.07, 6.45) is 6.72. The number of esters is 1. The van der Waals surface area contributed by atoms with Gasteiger partial charge in [0.2, 0.25) is 0 Å². The van der Waals surface area contributed by atoms with Gasteiger partial charge in [-0.3, -0.25) is 4.79 Å². The predicted octanol–water partition coefficient (Wildman–Crippen LogP) is 4.08. The summed E-state index contributed by atoms with van der Waals surface area (Å²) in [5.41, 5.74) is 1.11. The Hall–Kier alpha value is -2.50. The fourth-order valence-electron chi connectivity index (χ4n) is 3.95. The van der Waals surface area contributed by atoms with Crippen molar-refractivity contribution in [1.29, 1.82) is 0 Å². The third-order valence-corrected chi connectivity index (χ3v) is 5.43. The number of hydrogen-bond acceptors (Lipinski definition) is 4. The van der Waals surface area contributed by atoms with Gasteiger partial charge in [-0.2, -0.15) is 0 Å². The summed E-state index contributed by atoms with van der Waals surface area (Å²) in [6.45, 7) is 6.94. The molecule has 0 spiro atoms. The van der Waals surface area contributed by atoms with E-state index in [4.69, 9.17) is 9.47 Å². The van der Waals surface area contributed by atoms with E-state index >= 15 is 0 Å². The number of carbonyl (C=O) groups excluding carboxylic acids is 2. The molecule has 0 unspecified atom stereocenters. The number of amides is 2. The van der Waals surface area contributed by atoms with Crippen LogP contribution in [0.1, 0.15) is 57.1 Å². The molecule has 3 rings (SSSR count). The van der Waals surface area contributed by atoms with Gasteiger partial charge in [0.15, 0.2) is 0 Å². The highest BCUT2D eigenvalue weighted by Gasteiger charge is 2.40. The van der Waals surface area contributed by atoms with Crippen LogP contribution in [-0.2, 0) is 9.53 Å². The summed E-state index contributed by atoms with van der Waals surface area (Å²) < 4.78 is 11.5. The second-order valence-electron chi connectivity index (χ2n) is 7.60. The first kappa shape index (κ1) is 20.2. The van der Waals surface area contributed by atoms with Gasteiger partial charge in [-0.15, -0.1) is 0 Å². The van der Waals surface area contributed by atoms with Gasteiger partial charge in [0.1, 0.15) is 11.7 Å². The van der Waals surface area contributed by atoms with Crippen LogP contribution in [0.25, 0.3) is 0 Å². The molecule has 1 aliphatic carbocycles. The Morgan fingerprint density at radius 3 is 2.71 bits per heavy atom. The van der Waals surface area contributed by atoms with Gasteiger partial charge < -0.3 is 20.1 Å². The maximum absolute atomic E-state index is 13.0. The fourth-order valence-corrected chi connectivity index (χ4v) is 3.95. The summed E-state index contributed by atoms with van der Waals surface area (Å²) in [5, 5.41) is 5.48. The lowest BCUT2D eigenvalue weighted by atomic mass is 9.88. The van der Waals surface area contributed by atoms with Gasteiger partial charge in [0, 0.05) is 11.3 Å². The third-order valence-electron chi connectivity index (χ3n) is 5.43. The summed E-state index contributed by atoms with van der Waals surface area (Å²) in [7, 11) is 0. The number of hydrogen-bond donors (Lipinski definition) is 2. The third kappa shape index (κ3) is 4.86.